The van der Waals surface area contributed by atoms with Crippen LogP contribution in [0.5, 0.6) is 5.75 Å². The standard InChI is InChI=1S/C17H11Cl2F3N4O2/c1-9-23-15(25-26(9)14-7-2-10(18)8-13(14)19)16(27)24-11-3-5-12(6-4-11)28-17(20,21)22/h2-8H,1H3,(H,24,27). The molecule has 1 heterocycles. The fourth-order valence-electron chi connectivity index (χ4n) is 2.29. The van der Waals surface area contributed by atoms with Gasteiger partial charge in [0.2, 0.25) is 5.82 Å². The molecule has 0 fully saturated rings. The van der Waals surface area contributed by atoms with Crippen LogP contribution in [0.4, 0.5) is 18.9 Å². The van der Waals surface area contributed by atoms with E-state index in [-0.39, 0.29) is 11.5 Å². The van der Waals surface area contributed by atoms with Crippen LogP contribution in [-0.2, 0) is 0 Å². The van der Waals surface area contributed by atoms with E-state index in [1.165, 1.54) is 22.9 Å². The van der Waals surface area contributed by atoms with Gasteiger partial charge in [-0.3, -0.25) is 4.79 Å². The Labute approximate surface area is 166 Å². The number of carbonyl (C=O) groups excluding carboxylic acids is 1. The Morgan fingerprint density at radius 2 is 1.82 bits per heavy atom. The summed E-state index contributed by atoms with van der Waals surface area (Å²) in [6, 6.07) is 9.46. The highest BCUT2D eigenvalue weighted by Crippen LogP contribution is 2.26. The minimum atomic E-state index is -4.79. The number of aromatic nitrogens is 3. The molecular weight excluding hydrogens is 420 g/mol. The van der Waals surface area contributed by atoms with Crippen molar-refractivity contribution in [1.29, 1.82) is 0 Å². The highest BCUT2D eigenvalue weighted by molar-refractivity contribution is 6.35. The number of halogens is 5. The van der Waals surface area contributed by atoms with E-state index in [1.807, 2.05) is 0 Å². The molecule has 146 valence electrons. The van der Waals surface area contributed by atoms with Gasteiger partial charge < -0.3 is 10.1 Å². The molecule has 1 N–H and O–H groups in total. The van der Waals surface area contributed by atoms with Gasteiger partial charge >= 0.3 is 6.36 Å². The largest absolute Gasteiger partial charge is 0.573 e. The van der Waals surface area contributed by atoms with E-state index in [4.69, 9.17) is 23.2 Å². The van der Waals surface area contributed by atoms with Crippen LogP contribution in [0, 0.1) is 6.92 Å². The third-order valence-electron chi connectivity index (χ3n) is 3.46. The Balaban J connectivity index is 1.77. The number of nitrogens with zero attached hydrogens (tertiary/aromatic N) is 3. The van der Waals surface area contributed by atoms with Gasteiger partial charge in [0.05, 0.1) is 10.7 Å². The first-order valence-electron chi connectivity index (χ1n) is 7.68. The molecule has 3 rings (SSSR count). The number of nitrogens with one attached hydrogen (secondary N) is 1. The first-order chi connectivity index (χ1) is 13.1. The van der Waals surface area contributed by atoms with Crippen molar-refractivity contribution in [2.75, 3.05) is 5.32 Å². The third-order valence-corrected chi connectivity index (χ3v) is 3.99. The maximum atomic E-state index is 12.3. The van der Waals surface area contributed by atoms with Crippen LogP contribution in [0.15, 0.2) is 42.5 Å². The molecule has 11 heteroatoms. The molecule has 2 aromatic carbocycles. The molecule has 28 heavy (non-hydrogen) atoms. The summed E-state index contributed by atoms with van der Waals surface area (Å²) in [6.45, 7) is 1.64. The SMILES string of the molecule is Cc1nc(C(=O)Nc2ccc(OC(F)(F)F)cc2)nn1-c1ccc(Cl)cc1Cl. The van der Waals surface area contributed by atoms with Gasteiger partial charge in [0, 0.05) is 10.7 Å². The molecule has 0 saturated carbocycles. The Kier molecular flexibility index (Phi) is 5.48. The number of carbonyl (C=O) groups is 1. The minimum absolute atomic E-state index is 0.140. The van der Waals surface area contributed by atoms with E-state index in [0.29, 0.717) is 21.6 Å². The fraction of sp³-hybridized carbons (Fsp3) is 0.118. The number of benzene rings is 2. The van der Waals surface area contributed by atoms with Crippen LogP contribution in [0.3, 0.4) is 0 Å². The number of anilines is 1. The summed E-state index contributed by atoms with van der Waals surface area (Å²) in [7, 11) is 0. The number of hydrogen-bond acceptors (Lipinski definition) is 4. The van der Waals surface area contributed by atoms with Gasteiger partial charge in [0.25, 0.3) is 5.91 Å². The van der Waals surface area contributed by atoms with Crippen LogP contribution in [-0.4, -0.2) is 27.0 Å². The van der Waals surface area contributed by atoms with Crippen LogP contribution >= 0.6 is 23.2 Å². The second-order valence-electron chi connectivity index (χ2n) is 5.52. The zero-order chi connectivity index (χ0) is 20.5. The molecule has 0 atom stereocenters. The average molecular weight is 431 g/mol. The van der Waals surface area contributed by atoms with Crippen molar-refractivity contribution in [3.05, 3.63) is 64.2 Å². The molecular formula is C17H11Cl2F3N4O2. The lowest BCUT2D eigenvalue weighted by atomic mass is 10.3. The first kappa shape index (κ1) is 20.0. The van der Waals surface area contributed by atoms with Gasteiger partial charge in [-0.2, -0.15) is 0 Å². The second-order valence-corrected chi connectivity index (χ2v) is 6.36. The third kappa shape index (κ3) is 4.73. The van der Waals surface area contributed by atoms with Crippen LogP contribution in [0.1, 0.15) is 16.4 Å². The summed E-state index contributed by atoms with van der Waals surface area (Å²) >= 11 is 12.0. The lowest BCUT2D eigenvalue weighted by Crippen LogP contribution is -2.17. The normalized spacial score (nSPS) is 11.4. The average Bonchev–Trinajstić information content (AvgIpc) is 2.97. The van der Waals surface area contributed by atoms with E-state index < -0.39 is 18.0 Å². The summed E-state index contributed by atoms with van der Waals surface area (Å²) < 4.78 is 41.7. The zero-order valence-corrected chi connectivity index (χ0v) is 15.6. The summed E-state index contributed by atoms with van der Waals surface area (Å²) in [5.74, 6) is -0.778. The van der Waals surface area contributed by atoms with E-state index in [1.54, 1.807) is 19.1 Å². The molecule has 0 saturated heterocycles. The van der Waals surface area contributed by atoms with E-state index in [0.717, 1.165) is 12.1 Å². The van der Waals surface area contributed by atoms with Crippen LogP contribution in [0.2, 0.25) is 10.0 Å². The molecule has 3 aromatic rings. The predicted molar refractivity (Wildman–Crippen MR) is 97.2 cm³/mol. The van der Waals surface area contributed by atoms with Crippen molar-refractivity contribution in [3.8, 4) is 11.4 Å². The second kappa shape index (κ2) is 7.69. The summed E-state index contributed by atoms with van der Waals surface area (Å²) in [5, 5.41) is 7.39. The van der Waals surface area contributed by atoms with Gasteiger partial charge in [-0.25, -0.2) is 9.67 Å². The molecule has 1 amide bonds. The summed E-state index contributed by atoms with van der Waals surface area (Å²) in [5.41, 5.74) is 0.738. The van der Waals surface area contributed by atoms with Gasteiger partial charge in [-0.05, 0) is 49.4 Å². The molecule has 6 nitrogen and oxygen atoms in total. The van der Waals surface area contributed by atoms with Crippen molar-refractivity contribution in [3.63, 3.8) is 0 Å². The fourth-order valence-corrected chi connectivity index (χ4v) is 2.78. The monoisotopic (exact) mass is 430 g/mol. The lowest BCUT2D eigenvalue weighted by molar-refractivity contribution is -0.274. The molecule has 0 radical (unpaired) electrons. The number of alkyl halides is 3. The Morgan fingerprint density at radius 1 is 1.14 bits per heavy atom. The maximum Gasteiger partial charge on any atom is 0.573 e. The highest BCUT2D eigenvalue weighted by atomic mass is 35.5. The summed E-state index contributed by atoms with van der Waals surface area (Å²) in [4.78, 5) is 16.4. The van der Waals surface area contributed by atoms with Gasteiger partial charge in [0.15, 0.2) is 0 Å². The van der Waals surface area contributed by atoms with Crippen LogP contribution < -0.4 is 10.1 Å². The van der Waals surface area contributed by atoms with Crippen molar-refractivity contribution in [2.45, 2.75) is 13.3 Å². The quantitative estimate of drug-likeness (QED) is 0.629. The maximum absolute atomic E-state index is 12.3. The highest BCUT2D eigenvalue weighted by Gasteiger charge is 2.31. The van der Waals surface area contributed by atoms with Crippen molar-refractivity contribution < 1.29 is 22.7 Å². The number of hydrogen-bond donors (Lipinski definition) is 1. The van der Waals surface area contributed by atoms with E-state index >= 15 is 0 Å². The van der Waals surface area contributed by atoms with Gasteiger partial charge in [-0.15, -0.1) is 18.3 Å². The number of amides is 1. The molecule has 0 bridgehead atoms. The van der Waals surface area contributed by atoms with Gasteiger partial charge in [0.1, 0.15) is 11.6 Å². The van der Waals surface area contributed by atoms with Crippen molar-refractivity contribution in [2.24, 2.45) is 0 Å². The minimum Gasteiger partial charge on any atom is -0.406 e. The zero-order valence-electron chi connectivity index (χ0n) is 14.1. The molecule has 0 spiro atoms. The van der Waals surface area contributed by atoms with Gasteiger partial charge in [-0.1, -0.05) is 23.2 Å². The number of ether oxygens (including phenoxy) is 1. The molecule has 0 aliphatic heterocycles. The molecule has 1 aromatic heterocycles. The smallest absolute Gasteiger partial charge is 0.406 e. The number of aryl methyl sites for hydroxylation is 1. The van der Waals surface area contributed by atoms with Crippen LogP contribution in [0.25, 0.3) is 5.69 Å². The Morgan fingerprint density at radius 3 is 2.43 bits per heavy atom. The predicted octanol–water partition coefficient (Wildman–Crippen LogP) is 5.03. The topological polar surface area (TPSA) is 69.0 Å². The van der Waals surface area contributed by atoms with Crippen molar-refractivity contribution >= 4 is 34.8 Å². The molecule has 0 unspecified atom stereocenters. The first-order valence-corrected chi connectivity index (χ1v) is 8.44. The summed E-state index contributed by atoms with van der Waals surface area (Å²) in [6.07, 6.45) is -4.79. The number of rotatable bonds is 4. The van der Waals surface area contributed by atoms with Crippen molar-refractivity contribution in [1.82, 2.24) is 14.8 Å². The van der Waals surface area contributed by atoms with E-state index in [2.05, 4.69) is 20.1 Å². The molecule has 0 aliphatic carbocycles. The lowest BCUT2D eigenvalue weighted by Gasteiger charge is -2.09. The van der Waals surface area contributed by atoms with E-state index in [9.17, 15) is 18.0 Å². The molecule has 0 aliphatic rings. The Hall–Kier alpha value is -2.78. The Bertz CT molecular complexity index is 1020.